The number of rotatable bonds is 15. The number of H-pyrrole nitrogens is 1. The van der Waals surface area contributed by atoms with E-state index in [1.807, 2.05) is 36.4 Å². The number of aromatic nitrogens is 3. The van der Waals surface area contributed by atoms with E-state index in [4.69, 9.17) is 4.74 Å². The highest BCUT2D eigenvalue weighted by atomic mass is 16.5. The minimum Gasteiger partial charge on any atom is -0.506 e. The molecule has 5 aromatic rings. The zero-order valence-electron chi connectivity index (χ0n) is 26.3. The molecule has 3 aromatic carbocycles. The molecular weight excluding hydrogens is 616 g/mol. The van der Waals surface area contributed by atoms with Gasteiger partial charge in [-0.15, -0.1) is 0 Å². The van der Waals surface area contributed by atoms with E-state index < -0.39 is 18.2 Å². The molecule has 0 saturated heterocycles. The van der Waals surface area contributed by atoms with Crippen molar-refractivity contribution >= 4 is 22.9 Å². The number of aliphatic hydroxyl groups excluding tert-OH is 1. The molecule has 2 aromatic heterocycles. The summed E-state index contributed by atoms with van der Waals surface area (Å²) in [6.07, 6.45) is -0.517. The van der Waals surface area contributed by atoms with Crippen LogP contribution in [0.1, 0.15) is 57.9 Å². The Morgan fingerprint density at radius 2 is 1.73 bits per heavy atom. The summed E-state index contributed by atoms with van der Waals surface area (Å²) in [5, 5.41) is 43.7. The number of unbranched alkanes of at least 4 members (excludes halogenated alkanes) is 1. The fourth-order valence-electron chi connectivity index (χ4n) is 5.39. The highest BCUT2D eigenvalue weighted by molar-refractivity contribution is 5.92. The summed E-state index contributed by atoms with van der Waals surface area (Å²) in [7, 11) is 1.73. The number of aryl methyl sites for hydroxylation is 1. The van der Waals surface area contributed by atoms with Crippen molar-refractivity contribution in [2.75, 3.05) is 19.6 Å². The minimum absolute atomic E-state index is 0.0590. The highest BCUT2D eigenvalue weighted by Crippen LogP contribution is 2.29. The average molecular weight is 655 g/mol. The van der Waals surface area contributed by atoms with E-state index in [1.54, 1.807) is 48.1 Å². The average Bonchev–Trinajstić information content (AvgIpc) is 3.46. The van der Waals surface area contributed by atoms with Gasteiger partial charge in [0.15, 0.2) is 5.69 Å². The van der Waals surface area contributed by atoms with E-state index in [2.05, 4.69) is 26.0 Å². The molecule has 0 radical (unpaired) electrons. The first-order chi connectivity index (χ1) is 23.2. The quantitative estimate of drug-likeness (QED) is 0.0825. The van der Waals surface area contributed by atoms with E-state index in [-0.39, 0.29) is 41.6 Å². The van der Waals surface area contributed by atoms with Gasteiger partial charge < -0.3 is 41.0 Å². The van der Waals surface area contributed by atoms with Crippen LogP contribution in [-0.4, -0.2) is 61.7 Å². The number of aromatic hydroxyl groups is 1. The van der Waals surface area contributed by atoms with Gasteiger partial charge in [-0.25, -0.2) is 4.79 Å². The number of phenolic OH excluding ortho intramolecular Hbond substituents is 1. The van der Waals surface area contributed by atoms with Crippen LogP contribution in [0.3, 0.4) is 0 Å². The molecule has 13 nitrogen and oxygen atoms in total. The predicted molar refractivity (Wildman–Crippen MR) is 179 cm³/mol. The minimum atomic E-state index is -1.13. The van der Waals surface area contributed by atoms with Gasteiger partial charge in [0.05, 0.1) is 23.4 Å². The van der Waals surface area contributed by atoms with Gasteiger partial charge in [-0.05, 0) is 66.4 Å². The van der Waals surface area contributed by atoms with Crippen molar-refractivity contribution in [3.63, 3.8) is 0 Å². The molecule has 48 heavy (non-hydrogen) atoms. The molecule has 0 aliphatic heterocycles. The summed E-state index contributed by atoms with van der Waals surface area (Å²) in [5.41, 5.74) is 3.02. The van der Waals surface area contributed by atoms with E-state index in [0.717, 1.165) is 17.5 Å². The molecule has 250 valence electrons. The zero-order chi connectivity index (χ0) is 34.0. The topological polar surface area (TPSA) is 191 Å². The molecule has 2 unspecified atom stereocenters. The first-order valence-corrected chi connectivity index (χ1v) is 15.5. The van der Waals surface area contributed by atoms with Crippen LogP contribution in [0.15, 0.2) is 89.7 Å². The molecule has 0 bridgehead atoms. The van der Waals surface area contributed by atoms with Crippen LogP contribution in [0.5, 0.6) is 11.5 Å². The van der Waals surface area contributed by atoms with Crippen molar-refractivity contribution in [3.8, 4) is 11.5 Å². The number of nitrogens with one attached hydrogen (secondary N) is 4. The van der Waals surface area contributed by atoms with Crippen molar-refractivity contribution in [2.45, 2.75) is 31.6 Å². The van der Waals surface area contributed by atoms with Crippen LogP contribution >= 0.6 is 0 Å². The number of ether oxygens (including phenoxy) is 1. The number of carbonyl (C=O) groups is 2. The van der Waals surface area contributed by atoms with E-state index in [1.165, 1.54) is 12.1 Å². The van der Waals surface area contributed by atoms with Gasteiger partial charge in [0.1, 0.15) is 18.1 Å². The second-order valence-electron chi connectivity index (χ2n) is 11.3. The zero-order valence-corrected chi connectivity index (χ0v) is 26.3. The number of fused-ring (bicyclic) bond motifs is 1. The molecule has 13 heteroatoms. The standard InChI is InChI=1S/C35H38N6O7/c1-41-24(21-48-25-11-7-10-23(18-25)32(39-35(46)47)22-8-3-2-4-9-22)19-28(40-41)34(45)37-17-6-5-16-36-20-30(43)26-12-14-29(42)33-27(26)13-15-31(44)38-33/h2-4,7-15,18-19,30,32,36,39,42-43H,5-6,16-17,20-21H2,1H3,(H,37,45)(H,38,44)(H,46,47). The monoisotopic (exact) mass is 654 g/mol. The number of benzene rings is 3. The van der Waals surface area contributed by atoms with Crippen molar-refractivity contribution in [3.05, 3.63) is 123 Å². The van der Waals surface area contributed by atoms with Crippen LogP contribution in [0.2, 0.25) is 0 Å². The van der Waals surface area contributed by atoms with Crippen LogP contribution < -0.4 is 26.2 Å². The summed E-state index contributed by atoms with van der Waals surface area (Å²) < 4.78 is 7.58. The number of carbonyl (C=O) groups excluding carboxylic acids is 1. The van der Waals surface area contributed by atoms with Crippen molar-refractivity contribution in [2.24, 2.45) is 7.05 Å². The molecule has 0 aliphatic rings. The molecule has 2 amide bonds. The van der Waals surface area contributed by atoms with Crippen LogP contribution in [0.4, 0.5) is 4.79 Å². The lowest BCUT2D eigenvalue weighted by Crippen LogP contribution is -2.27. The molecule has 2 atom stereocenters. The highest BCUT2D eigenvalue weighted by Gasteiger charge is 2.18. The van der Waals surface area contributed by atoms with E-state index in [9.17, 15) is 29.7 Å². The second-order valence-corrected chi connectivity index (χ2v) is 11.3. The van der Waals surface area contributed by atoms with E-state index in [0.29, 0.717) is 41.9 Å². The first-order valence-electron chi connectivity index (χ1n) is 15.5. The number of aromatic amines is 1. The Morgan fingerprint density at radius 1 is 0.958 bits per heavy atom. The van der Waals surface area contributed by atoms with Crippen molar-refractivity contribution < 1.29 is 29.6 Å². The maximum Gasteiger partial charge on any atom is 0.405 e. The van der Waals surface area contributed by atoms with Crippen LogP contribution in [0, 0.1) is 0 Å². The van der Waals surface area contributed by atoms with Crippen molar-refractivity contribution in [1.29, 1.82) is 0 Å². The molecule has 0 spiro atoms. The van der Waals surface area contributed by atoms with Gasteiger partial charge >= 0.3 is 6.09 Å². The first kappa shape index (κ1) is 33.7. The number of phenols is 1. The lowest BCUT2D eigenvalue weighted by atomic mass is 9.99. The fourth-order valence-corrected chi connectivity index (χ4v) is 5.39. The fraction of sp³-hybridized carbons (Fsp3) is 0.257. The number of hydrogen-bond acceptors (Lipinski definition) is 8. The smallest absolute Gasteiger partial charge is 0.405 e. The largest absolute Gasteiger partial charge is 0.506 e. The molecule has 0 aliphatic carbocycles. The third-order valence-corrected chi connectivity index (χ3v) is 7.86. The van der Waals surface area contributed by atoms with Gasteiger partial charge in [-0.1, -0.05) is 48.5 Å². The Hall–Kier alpha value is -5.66. The number of carboxylic acid groups (broad SMARTS) is 1. The van der Waals surface area contributed by atoms with Gasteiger partial charge in [0.25, 0.3) is 5.91 Å². The third kappa shape index (κ3) is 8.57. The van der Waals surface area contributed by atoms with Gasteiger partial charge in [0.2, 0.25) is 5.56 Å². The van der Waals surface area contributed by atoms with Crippen molar-refractivity contribution in [1.82, 2.24) is 30.7 Å². The molecule has 2 heterocycles. The summed E-state index contributed by atoms with van der Waals surface area (Å²) >= 11 is 0. The number of hydrogen-bond donors (Lipinski definition) is 7. The summed E-state index contributed by atoms with van der Waals surface area (Å²) in [5.74, 6) is 0.183. The number of pyridine rings is 1. The lowest BCUT2D eigenvalue weighted by molar-refractivity contribution is 0.0947. The van der Waals surface area contributed by atoms with Gasteiger partial charge in [-0.3, -0.25) is 14.3 Å². The number of aliphatic hydroxyl groups is 1. The Morgan fingerprint density at radius 3 is 2.52 bits per heavy atom. The lowest BCUT2D eigenvalue weighted by Gasteiger charge is -2.19. The van der Waals surface area contributed by atoms with Gasteiger partial charge in [-0.2, -0.15) is 5.10 Å². The maximum atomic E-state index is 12.7. The Labute approximate surface area is 276 Å². The summed E-state index contributed by atoms with van der Waals surface area (Å²) in [4.78, 5) is 38.4. The number of amides is 2. The molecule has 0 fully saturated rings. The van der Waals surface area contributed by atoms with E-state index >= 15 is 0 Å². The Kier molecular flexibility index (Phi) is 11.1. The van der Waals surface area contributed by atoms with Crippen LogP contribution in [0.25, 0.3) is 10.9 Å². The predicted octanol–water partition coefficient (Wildman–Crippen LogP) is 3.74. The normalized spacial score (nSPS) is 12.4. The SMILES string of the molecule is Cn1nc(C(=O)NCCCCNCC(O)c2ccc(O)c3[nH]c(=O)ccc23)cc1COc1cccc(C(NC(=O)O)c2ccccc2)c1. The number of nitrogens with zero attached hydrogens (tertiary/aromatic N) is 2. The maximum absolute atomic E-state index is 12.7. The van der Waals surface area contributed by atoms with Gasteiger partial charge in [0, 0.05) is 31.6 Å². The summed E-state index contributed by atoms with van der Waals surface area (Å²) in [6.45, 7) is 1.49. The molecular formula is C35H38N6O7. The molecule has 5 rings (SSSR count). The second kappa shape index (κ2) is 15.8. The Bertz CT molecular complexity index is 1920. The van der Waals surface area contributed by atoms with Crippen LogP contribution in [-0.2, 0) is 13.7 Å². The molecule has 7 N–H and O–H groups in total. The summed E-state index contributed by atoms with van der Waals surface area (Å²) in [6, 6.07) is 23.6. The third-order valence-electron chi connectivity index (χ3n) is 7.86. The molecule has 0 saturated carbocycles. The Balaban J connectivity index is 1.06.